The third kappa shape index (κ3) is 5.43. The molecule has 0 aliphatic rings. The minimum atomic E-state index is -0.457. The smallest absolute Gasteiger partial charge is 0.253 e. The highest BCUT2D eigenvalue weighted by atomic mass is 16.1. The standard InChI is InChI=1S/C31H34N6O/c1-22-12-11-17-25-20-26(30(38)32-27(22)25)28(29-33-34-35-37(29)31(2,3)4)36(21-24-15-9-6-10-16-24)19-18-23-13-7-5-8-14-23/h5-17,20,28H,18-19,21H2,1-4H3,(H,32,38)/t28-/m0/s1. The van der Waals surface area contributed by atoms with E-state index in [1.54, 1.807) is 0 Å². The number of aromatic nitrogens is 5. The van der Waals surface area contributed by atoms with Gasteiger partial charge in [0.2, 0.25) is 0 Å². The van der Waals surface area contributed by atoms with Gasteiger partial charge in [-0.25, -0.2) is 4.68 Å². The molecule has 0 saturated heterocycles. The molecule has 0 radical (unpaired) electrons. The molecule has 7 nitrogen and oxygen atoms in total. The van der Waals surface area contributed by atoms with Crippen LogP contribution >= 0.6 is 0 Å². The van der Waals surface area contributed by atoms with Gasteiger partial charge in [0.25, 0.3) is 5.56 Å². The van der Waals surface area contributed by atoms with E-state index in [9.17, 15) is 4.79 Å². The largest absolute Gasteiger partial charge is 0.321 e. The van der Waals surface area contributed by atoms with E-state index in [4.69, 9.17) is 0 Å². The lowest BCUT2D eigenvalue weighted by Crippen LogP contribution is -2.38. The lowest BCUT2D eigenvalue weighted by Gasteiger charge is -2.33. The zero-order chi connectivity index (χ0) is 26.7. The predicted octanol–water partition coefficient (Wildman–Crippen LogP) is 5.41. The summed E-state index contributed by atoms with van der Waals surface area (Å²) in [6, 6.07) is 28.4. The Morgan fingerprint density at radius 1 is 0.921 bits per heavy atom. The number of fused-ring (bicyclic) bond motifs is 1. The number of aromatic amines is 1. The van der Waals surface area contributed by atoms with Gasteiger partial charge in [-0.3, -0.25) is 9.69 Å². The highest BCUT2D eigenvalue weighted by Gasteiger charge is 2.33. The Hall–Kier alpha value is -4.10. The van der Waals surface area contributed by atoms with E-state index in [0.29, 0.717) is 24.5 Å². The van der Waals surface area contributed by atoms with Crippen molar-refractivity contribution in [3.63, 3.8) is 0 Å². The van der Waals surface area contributed by atoms with Crippen LogP contribution in [0.4, 0.5) is 0 Å². The Balaban J connectivity index is 1.68. The summed E-state index contributed by atoms with van der Waals surface area (Å²) < 4.78 is 1.85. The second-order valence-electron chi connectivity index (χ2n) is 10.8. The Morgan fingerprint density at radius 2 is 1.61 bits per heavy atom. The lowest BCUT2D eigenvalue weighted by molar-refractivity contribution is 0.195. The molecule has 194 valence electrons. The van der Waals surface area contributed by atoms with E-state index in [1.807, 2.05) is 60.1 Å². The van der Waals surface area contributed by atoms with Crippen LogP contribution in [0.15, 0.2) is 89.7 Å². The molecule has 1 atom stereocenters. The van der Waals surface area contributed by atoms with Gasteiger partial charge in [0.15, 0.2) is 5.82 Å². The lowest BCUT2D eigenvalue weighted by atomic mass is 9.99. The second kappa shape index (κ2) is 10.7. The van der Waals surface area contributed by atoms with E-state index >= 15 is 0 Å². The maximum absolute atomic E-state index is 13.8. The number of para-hydroxylation sites is 1. The molecule has 0 aliphatic carbocycles. The van der Waals surface area contributed by atoms with Gasteiger partial charge in [0, 0.05) is 18.7 Å². The number of nitrogens with one attached hydrogen (secondary N) is 1. The number of hydrogen-bond donors (Lipinski definition) is 1. The SMILES string of the molecule is Cc1cccc2cc([C@@H](c3nnnn3C(C)(C)C)N(CCc3ccccc3)Cc3ccccc3)c(=O)[nH]c12. The van der Waals surface area contributed by atoms with Crippen molar-refractivity contribution in [3.8, 4) is 0 Å². The molecule has 7 heteroatoms. The maximum atomic E-state index is 13.8. The molecule has 0 bridgehead atoms. The van der Waals surface area contributed by atoms with Crippen molar-refractivity contribution in [2.45, 2.75) is 52.2 Å². The van der Waals surface area contributed by atoms with Crippen LogP contribution < -0.4 is 5.56 Å². The first-order valence-electron chi connectivity index (χ1n) is 13.0. The average Bonchev–Trinajstić information content (AvgIpc) is 3.40. The molecule has 2 heterocycles. The minimum Gasteiger partial charge on any atom is -0.321 e. The maximum Gasteiger partial charge on any atom is 0.253 e. The number of aryl methyl sites for hydroxylation is 1. The summed E-state index contributed by atoms with van der Waals surface area (Å²) in [6.07, 6.45) is 0.825. The van der Waals surface area contributed by atoms with Crippen LogP contribution in [-0.2, 0) is 18.5 Å². The van der Waals surface area contributed by atoms with Crippen LogP contribution in [0, 0.1) is 6.92 Å². The van der Waals surface area contributed by atoms with Crippen molar-refractivity contribution < 1.29 is 0 Å². The molecule has 0 fully saturated rings. The summed E-state index contributed by atoms with van der Waals surface area (Å²) in [5.74, 6) is 0.652. The van der Waals surface area contributed by atoms with Gasteiger partial charge < -0.3 is 4.98 Å². The second-order valence-corrected chi connectivity index (χ2v) is 10.8. The van der Waals surface area contributed by atoms with Crippen LogP contribution in [0.3, 0.4) is 0 Å². The summed E-state index contributed by atoms with van der Waals surface area (Å²) in [6.45, 7) is 9.58. The van der Waals surface area contributed by atoms with Crippen LogP contribution in [0.5, 0.6) is 0 Å². The first kappa shape index (κ1) is 25.5. The van der Waals surface area contributed by atoms with Gasteiger partial charge in [-0.1, -0.05) is 78.9 Å². The van der Waals surface area contributed by atoms with Gasteiger partial charge in [-0.05, 0) is 72.7 Å². The molecule has 5 rings (SSSR count). The van der Waals surface area contributed by atoms with Crippen molar-refractivity contribution >= 4 is 10.9 Å². The van der Waals surface area contributed by atoms with E-state index in [-0.39, 0.29) is 11.1 Å². The highest BCUT2D eigenvalue weighted by molar-refractivity contribution is 5.82. The molecular formula is C31H34N6O. The molecule has 3 aromatic carbocycles. The molecule has 0 saturated carbocycles. The Labute approximate surface area is 223 Å². The van der Waals surface area contributed by atoms with E-state index < -0.39 is 6.04 Å². The van der Waals surface area contributed by atoms with Gasteiger partial charge in [-0.2, -0.15) is 0 Å². The van der Waals surface area contributed by atoms with E-state index in [1.165, 1.54) is 5.56 Å². The third-order valence-corrected chi connectivity index (χ3v) is 6.91. The minimum absolute atomic E-state index is 0.127. The quantitative estimate of drug-likeness (QED) is 0.304. The van der Waals surface area contributed by atoms with Gasteiger partial charge in [0.05, 0.1) is 11.1 Å². The number of benzene rings is 3. The number of hydrogen-bond acceptors (Lipinski definition) is 5. The van der Waals surface area contributed by atoms with Gasteiger partial charge in [0.1, 0.15) is 6.04 Å². The highest BCUT2D eigenvalue weighted by Crippen LogP contribution is 2.31. The normalized spacial score (nSPS) is 12.8. The van der Waals surface area contributed by atoms with Crippen molar-refractivity contribution in [2.75, 3.05) is 6.54 Å². The fraction of sp³-hybridized carbons (Fsp3) is 0.290. The molecule has 0 amide bonds. The number of nitrogens with zero attached hydrogens (tertiary/aromatic N) is 5. The first-order valence-corrected chi connectivity index (χ1v) is 13.0. The van der Waals surface area contributed by atoms with E-state index in [0.717, 1.165) is 28.5 Å². The Kier molecular flexibility index (Phi) is 7.20. The molecule has 0 unspecified atom stereocenters. The molecular weight excluding hydrogens is 472 g/mol. The number of rotatable bonds is 8. The average molecular weight is 507 g/mol. The summed E-state index contributed by atoms with van der Waals surface area (Å²) in [5.41, 5.74) is 4.43. The number of H-pyrrole nitrogens is 1. The molecule has 0 aliphatic heterocycles. The zero-order valence-electron chi connectivity index (χ0n) is 22.4. The molecule has 38 heavy (non-hydrogen) atoms. The van der Waals surface area contributed by atoms with E-state index in [2.05, 4.69) is 82.6 Å². The first-order chi connectivity index (χ1) is 18.3. The van der Waals surface area contributed by atoms with Crippen LogP contribution in [0.25, 0.3) is 10.9 Å². The summed E-state index contributed by atoms with van der Waals surface area (Å²) in [5, 5.41) is 13.9. The number of tetrazole rings is 1. The Bertz CT molecular complexity index is 1570. The van der Waals surface area contributed by atoms with Crippen molar-refractivity contribution in [2.24, 2.45) is 0 Å². The Morgan fingerprint density at radius 3 is 2.29 bits per heavy atom. The molecule has 0 spiro atoms. The fourth-order valence-electron chi connectivity index (χ4n) is 4.98. The van der Waals surface area contributed by atoms with Crippen LogP contribution in [0.1, 0.15) is 54.9 Å². The molecule has 2 aromatic heterocycles. The molecule has 1 N–H and O–H groups in total. The summed E-state index contributed by atoms with van der Waals surface area (Å²) in [7, 11) is 0. The fourth-order valence-corrected chi connectivity index (χ4v) is 4.98. The van der Waals surface area contributed by atoms with Gasteiger partial charge in [-0.15, -0.1) is 5.10 Å². The third-order valence-electron chi connectivity index (χ3n) is 6.91. The van der Waals surface area contributed by atoms with Crippen molar-refractivity contribution in [1.82, 2.24) is 30.1 Å². The van der Waals surface area contributed by atoms with Crippen molar-refractivity contribution in [3.05, 3.63) is 123 Å². The van der Waals surface area contributed by atoms with Gasteiger partial charge >= 0.3 is 0 Å². The predicted molar refractivity (Wildman–Crippen MR) is 151 cm³/mol. The van der Waals surface area contributed by atoms with Crippen LogP contribution in [0.2, 0.25) is 0 Å². The topological polar surface area (TPSA) is 79.7 Å². The van der Waals surface area contributed by atoms with Crippen LogP contribution in [-0.4, -0.2) is 36.6 Å². The summed E-state index contributed by atoms with van der Waals surface area (Å²) >= 11 is 0. The number of pyridine rings is 1. The monoisotopic (exact) mass is 506 g/mol. The van der Waals surface area contributed by atoms with Crippen molar-refractivity contribution in [1.29, 1.82) is 0 Å². The molecule has 5 aromatic rings. The summed E-state index contributed by atoms with van der Waals surface area (Å²) in [4.78, 5) is 19.2. The zero-order valence-corrected chi connectivity index (χ0v) is 22.4.